The van der Waals surface area contributed by atoms with Crippen LogP contribution in [0.3, 0.4) is 0 Å². The molecule has 0 radical (unpaired) electrons. The Morgan fingerprint density at radius 2 is 2.09 bits per heavy atom. The van der Waals surface area contributed by atoms with Crippen LogP contribution < -0.4 is 5.73 Å². The number of aliphatic imine (C=N–C) groups is 1. The maximum Gasteiger partial charge on any atom is 0.0582 e. The van der Waals surface area contributed by atoms with Gasteiger partial charge in [0.05, 0.1) is 11.9 Å². The lowest BCUT2D eigenvalue weighted by Gasteiger charge is -1.95. The van der Waals surface area contributed by atoms with Crippen LogP contribution >= 0.6 is 0 Å². The standard InChI is InChI=1S/C8H13N3/c1-6(2)11-5-8(10)7(3)4-9/h4-5,9H,3,10H2,1-2H3/b8-5+,9-4?. The van der Waals surface area contributed by atoms with Crippen molar-refractivity contribution >= 4 is 11.9 Å². The molecule has 0 unspecified atom stereocenters. The van der Waals surface area contributed by atoms with Crippen molar-refractivity contribution in [3.63, 3.8) is 0 Å². The topological polar surface area (TPSA) is 62.2 Å². The first kappa shape index (κ1) is 9.62. The maximum absolute atomic E-state index is 6.83. The maximum atomic E-state index is 6.83. The third-order valence-corrected chi connectivity index (χ3v) is 1.01. The van der Waals surface area contributed by atoms with Crippen LogP contribution in [0.5, 0.6) is 0 Å². The smallest absolute Gasteiger partial charge is 0.0582 e. The second-order valence-electron chi connectivity index (χ2n) is 2.33. The number of nitrogens with one attached hydrogen (secondary N) is 1. The molecular formula is C8H13N3. The summed E-state index contributed by atoms with van der Waals surface area (Å²) in [5.41, 5.74) is 7.31. The molecule has 3 heteroatoms. The lowest BCUT2D eigenvalue weighted by Crippen LogP contribution is -2.00. The van der Waals surface area contributed by atoms with Gasteiger partial charge in [-0.2, -0.15) is 0 Å². The van der Waals surface area contributed by atoms with Gasteiger partial charge in [0.15, 0.2) is 0 Å². The van der Waals surface area contributed by atoms with Crippen molar-refractivity contribution in [2.24, 2.45) is 10.7 Å². The van der Waals surface area contributed by atoms with E-state index in [1.165, 1.54) is 6.20 Å². The zero-order valence-electron chi connectivity index (χ0n) is 6.89. The van der Waals surface area contributed by atoms with Gasteiger partial charge in [-0.05, 0) is 13.8 Å². The number of hydrogen-bond acceptors (Lipinski definition) is 3. The number of allylic oxidation sites excluding steroid dienone is 1. The molecule has 0 bridgehead atoms. The van der Waals surface area contributed by atoms with Crippen LogP contribution in [0.4, 0.5) is 0 Å². The van der Waals surface area contributed by atoms with Gasteiger partial charge >= 0.3 is 0 Å². The summed E-state index contributed by atoms with van der Waals surface area (Å²) in [5.74, 6) is 0. The first-order valence-electron chi connectivity index (χ1n) is 3.24. The number of nitrogens with zero attached hydrogens (tertiary/aromatic N) is 1. The Balaban J connectivity index is 4.34. The molecule has 0 aromatic heterocycles. The molecule has 0 aliphatic rings. The van der Waals surface area contributed by atoms with Crippen LogP contribution in [0.15, 0.2) is 29.0 Å². The van der Waals surface area contributed by atoms with Gasteiger partial charge in [0, 0.05) is 17.5 Å². The molecule has 0 saturated carbocycles. The SMILES string of the molecule is C=C(C=N)/C(N)=C\N=C(C)C. The van der Waals surface area contributed by atoms with E-state index in [4.69, 9.17) is 11.1 Å². The summed E-state index contributed by atoms with van der Waals surface area (Å²) in [6, 6.07) is 0. The number of hydrogen-bond donors (Lipinski definition) is 2. The largest absolute Gasteiger partial charge is 0.397 e. The van der Waals surface area contributed by atoms with E-state index in [9.17, 15) is 0 Å². The van der Waals surface area contributed by atoms with E-state index < -0.39 is 0 Å². The normalized spacial score (nSPS) is 10.5. The zero-order chi connectivity index (χ0) is 8.85. The summed E-state index contributed by atoms with van der Waals surface area (Å²) >= 11 is 0. The molecule has 0 atom stereocenters. The minimum atomic E-state index is 0.432. The van der Waals surface area contributed by atoms with Crippen molar-refractivity contribution in [2.75, 3.05) is 0 Å². The molecule has 0 amide bonds. The first-order valence-corrected chi connectivity index (χ1v) is 3.24. The fourth-order valence-electron chi connectivity index (χ4n) is 0.365. The Kier molecular flexibility index (Phi) is 3.88. The molecule has 0 aromatic carbocycles. The van der Waals surface area contributed by atoms with Crippen molar-refractivity contribution in [3.05, 3.63) is 24.0 Å². The highest BCUT2D eigenvalue weighted by Crippen LogP contribution is 1.96. The van der Waals surface area contributed by atoms with Gasteiger partial charge in [0.25, 0.3) is 0 Å². The van der Waals surface area contributed by atoms with Gasteiger partial charge in [0.1, 0.15) is 0 Å². The Hall–Kier alpha value is -1.38. The second kappa shape index (κ2) is 4.44. The van der Waals surface area contributed by atoms with E-state index in [-0.39, 0.29) is 0 Å². The molecule has 0 spiro atoms. The average molecular weight is 151 g/mol. The predicted molar refractivity (Wildman–Crippen MR) is 49.0 cm³/mol. The average Bonchev–Trinajstić information content (AvgIpc) is 1.98. The minimum absolute atomic E-state index is 0.432. The molecule has 3 N–H and O–H groups in total. The highest BCUT2D eigenvalue weighted by Gasteiger charge is 1.90. The molecule has 11 heavy (non-hydrogen) atoms. The van der Waals surface area contributed by atoms with E-state index in [1.54, 1.807) is 0 Å². The van der Waals surface area contributed by atoms with Gasteiger partial charge < -0.3 is 11.1 Å². The number of nitrogens with two attached hydrogens (primary N) is 1. The molecule has 60 valence electrons. The van der Waals surface area contributed by atoms with Crippen LogP contribution in [-0.2, 0) is 0 Å². The number of rotatable bonds is 3. The van der Waals surface area contributed by atoms with Crippen LogP contribution in [0.1, 0.15) is 13.8 Å². The molecule has 0 aliphatic heterocycles. The predicted octanol–water partition coefficient (Wildman–Crippen LogP) is 1.47. The third-order valence-electron chi connectivity index (χ3n) is 1.01. The highest BCUT2D eigenvalue weighted by atomic mass is 14.7. The van der Waals surface area contributed by atoms with E-state index in [1.807, 2.05) is 13.8 Å². The van der Waals surface area contributed by atoms with Gasteiger partial charge in [-0.3, -0.25) is 4.99 Å². The van der Waals surface area contributed by atoms with Crippen molar-refractivity contribution in [3.8, 4) is 0 Å². The third kappa shape index (κ3) is 4.08. The fraction of sp³-hybridized carbons (Fsp3) is 0.250. The fourth-order valence-corrected chi connectivity index (χ4v) is 0.365. The van der Waals surface area contributed by atoms with Gasteiger partial charge in [-0.15, -0.1) is 0 Å². The van der Waals surface area contributed by atoms with E-state index >= 15 is 0 Å². The molecule has 3 nitrogen and oxygen atoms in total. The van der Waals surface area contributed by atoms with Gasteiger partial charge in [0.2, 0.25) is 0 Å². The lowest BCUT2D eigenvalue weighted by atomic mass is 10.2. The van der Waals surface area contributed by atoms with Crippen LogP contribution in [-0.4, -0.2) is 11.9 Å². The summed E-state index contributed by atoms with van der Waals surface area (Å²) in [5, 5.41) is 6.83. The van der Waals surface area contributed by atoms with E-state index in [0.717, 1.165) is 11.9 Å². The van der Waals surface area contributed by atoms with Crippen LogP contribution in [0.25, 0.3) is 0 Å². The summed E-state index contributed by atoms with van der Waals surface area (Å²) < 4.78 is 0. The van der Waals surface area contributed by atoms with Gasteiger partial charge in [-0.1, -0.05) is 6.58 Å². The second-order valence-corrected chi connectivity index (χ2v) is 2.33. The molecule has 0 heterocycles. The van der Waals surface area contributed by atoms with Crippen LogP contribution in [0, 0.1) is 5.41 Å². The summed E-state index contributed by atoms with van der Waals surface area (Å²) in [4.78, 5) is 3.96. The van der Waals surface area contributed by atoms with Gasteiger partial charge in [-0.25, -0.2) is 0 Å². The Labute approximate surface area is 66.8 Å². The van der Waals surface area contributed by atoms with E-state index in [0.29, 0.717) is 11.3 Å². The minimum Gasteiger partial charge on any atom is -0.397 e. The molecule has 0 rings (SSSR count). The van der Waals surface area contributed by atoms with E-state index in [2.05, 4.69) is 11.6 Å². The monoisotopic (exact) mass is 151 g/mol. The molecule has 0 fully saturated rings. The summed E-state index contributed by atoms with van der Waals surface area (Å²) in [6.07, 6.45) is 2.61. The van der Waals surface area contributed by atoms with Crippen molar-refractivity contribution in [1.82, 2.24) is 0 Å². The molecule has 0 aromatic rings. The Bertz CT molecular complexity index is 219. The summed E-state index contributed by atoms with van der Waals surface area (Å²) in [6.45, 7) is 7.29. The molecular weight excluding hydrogens is 138 g/mol. The quantitative estimate of drug-likeness (QED) is 0.465. The summed E-state index contributed by atoms with van der Waals surface area (Å²) in [7, 11) is 0. The van der Waals surface area contributed by atoms with Crippen molar-refractivity contribution in [1.29, 1.82) is 5.41 Å². The van der Waals surface area contributed by atoms with Crippen molar-refractivity contribution < 1.29 is 0 Å². The molecule has 0 saturated heterocycles. The Morgan fingerprint density at radius 1 is 1.55 bits per heavy atom. The van der Waals surface area contributed by atoms with Crippen LogP contribution in [0.2, 0.25) is 0 Å². The van der Waals surface area contributed by atoms with Crippen molar-refractivity contribution in [2.45, 2.75) is 13.8 Å². The lowest BCUT2D eigenvalue weighted by molar-refractivity contribution is 1.32. The molecule has 0 aliphatic carbocycles. The zero-order valence-corrected chi connectivity index (χ0v) is 6.89. The first-order chi connectivity index (χ1) is 5.07. The highest BCUT2D eigenvalue weighted by molar-refractivity contribution is 5.82. The Morgan fingerprint density at radius 3 is 2.45 bits per heavy atom.